The van der Waals surface area contributed by atoms with Gasteiger partial charge in [-0.2, -0.15) is 0 Å². The fourth-order valence-corrected chi connectivity index (χ4v) is 2.20. The van der Waals surface area contributed by atoms with E-state index in [-0.39, 0.29) is 18.5 Å². The largest absolute Gasteiger partial charge is 0.465 e. The molecule has 0 aromatic heterocycles. The summed E-state index contributed by atoms with van der Waals surface area (Å²) >= 11 is 2.01. The van der Waals surface area contributed by atoms with Crippen molar-refractivity contribution in [2.24, 2.45) is 5.92 Å². The Morgan fingerprint density at radius 1 is 1.44 bits per heavy atom. The first kappa shape index (κ1) is 13.1. The van der Waals surface area contributed by atoms with Crippen molar-refractivity contribution in [1.29, 1.82) is 0 Å². The second-order valence-corrected chi connectivity index (χ2v) is 4.21. The van der Waals surface area contributed by atoms with Crippen molar-refractivity contribution in [2.45, 2.75) is 25.3 Å². The molecule has 1 fully saturated rings. The van der Waals surface area contributed by atoms with Crippen LogP contribution in [0.1, 0.15) is 19.3 Å². The molecule has 0 bridgehead atoms. The SMILES string of the molecule is O=C(O)NCC(=O)NC1CCC(C#CI)C1. The molecule has 5 nitrogen and oxygen atoms in total. The first-order chi connectivity index (χ1) is 7.61. The topological polar surface area (TPSA) is 78.4 Å². The van der Waals surface area contributed by atoms with Gasteiger partial charge >= 0.3 is 6.09 Å². The maximum Gasteiger partial charge on any atom is 0.405 e. The van der Waals surface area contributed by atoms with Crippen molar-refractivity contribution in [3.05, 3.63) is 0 Å². The zero-order valence-electron chi connectivity index (χ0n) is 8.62. The highest BCUT2D eigenvalue weighted by atomic mass is 127. The van der Waals surface area contributed by atoms with Gasteiger partial charge in [0.2, 0.25) is 5.91 Å². The summed E-state index contributed by atoms with van der Waals surface area (Å²) in [5.41, 5.74) is 0. The van der Waals surface area contributed by atoms with E-state index < -0.39 is 6.09 Å². The van der Waals surface area contributed by atoms with Gasteiger partial charge in [-0.15, -0.1) is 0 Å². The zero-order chi connectivity index (χ0) is 12.0. The Kier molecular flexibility index (Phi) is 5.38. The highest BCUT2D eigenvalue weighted by Gasteiger charge is 2.24. The summed E-state index contributed by atoms with van der Waals surface area (Å²) in [5, 5.41) is 13.1. The van der Waals surface area contributed by atoms with Crippen molar-refractivity contribution in [2.75, 3.05) is 6.54 Å². The van der Waals surface area contributed by atoms with Crippen molar-refractivity contribution >= 4 is 34.6 Å². The molecule has 88 valence electrons. The van der Waals surface area contributed by atoms with Crippen molar-refractivity contribution in [1.82, 2.24) is 10.6 Å². The molecule has 0 radical (unpaired) electrons. The normalized spacial score (nSPS) is 23.1. The predicted molar refractivity (Wildman–Crippen MR) is 67.1 cm³/mol. The van der Waals surface area contributed by atoms with Crippen LogP contribution in [0.3, 0.4) is 0 Å². The molecule has 1 aliphatic carbocycles. The lowest BCUT2D eigenvalue weighted by molar-refractivity contribution is -0.120. The lowest BCUT2D eigenvalue weighted by Gasteiger charge is -2.11. The van der Waals surface area contributed by atoms with Crippen LogP contribution in [-0.2, 0) is 4.79 Å². The third-order valence-corrected chi connectivity index (χ3v) is 2.77. The molecule has 0 spiro atoms. The number of hydrogen-bond donors (Lipinski definition) is 3. The van der Waals surface area contributed by atoms with Gasteiger partial charge in [-0.3, -0.25) is 4.79 Å². The molecule has 6 heteroatoms. The second-order valence-electron chi connectivity index (χ2n) is 3.67. The van der Waals surface area contributed by atoms with Crippen LogP contribution in [0.4, 0.5) is 4.79 Å². The average Bonchev–Trinajstić information content (AvgIpc) is 2.63. The molecular weight excluding hydrogens is 323 g/mol. The summed E-state index contributed by atoms with van der Waals surface area (Å²) in [6, 6.07) is 0.130. The van der Waals surface area contributed by atoms with Gasteiger partial charge in [0.15, 0.2) is 0 Å². The van der Waals surface area contributed by atoms with E-state index in [0.29, 0.717) is 5.92 Å². The van der Waals surface area contributed by atoms with Gasteiger partial charge in [0.25, 0.3) is 0 Å². The Morgan fingerprint density at radius 3 is 2.81 bits per heavy atom. The van der Waals surface area contributed by atoms with Crippen molar-refractivity contribution in [3.8, 4) is 9.85 Å². The minimum atomic E-state index is -1.18. The van der Waals surface area contributed by atoms with Gasteiger partial charge in [0, 0.05) is 34.6 Å². The molecule has 2 atom stereocenters. The number of carbonyl (C=O) groups is 2. The number of rotatable bonds is 3. The molecule has 3 N–H and O–H groups in total. The third kappa shape index (κ3) is 4.70. The van der Waals surface area contributed by atoms with Gasteiger partial charge in [-0.25, -0.2) is 4.79 Å². The van der Waals surface area contributed by atoms with Crippen LogP contribution in [0, 0.1) is 15.8 Å². The van der Waals surface area contributed by atoms with E-state index >= 15 is 0 Å². The highest BCUT2D eigenvalue weighted by Crippen LogP contribution is 2.24. The Bertz CT molecular complexity index is 335. The summed E-state index contributed by atoms with van der Waals surface area (Å²) in [7, 11) is 0. The number of carboxylic acid groups (broad SMARTS) is 1. The summed E-state index contributed by atoms with van der Waals surface area (Å²) in [4.78, 5) is 21.5. The van der Waals surface area contributed by atoms with Crippen molar-refractivity contribution < 1.29 is 14.7 Å². The maximum atomic E-state index is 11.3. The Morgan fingerprint density at radius 2 is 2.19 bits per heavy atom. The van der Waals surface area contributed by atoms with Crippen LogP contribution in [0.25, 0.3) is 0 Å². The number of hydrogen-bond acceptors (Lipinski definition) is 2. The Hall–Kier alpha value is -0.970. The van der Waals surface area contributed by atoms with Gasteiger partial charge in [-0.1, -0.05) is 5.92 Å². The van der Waals surface area contributed by atoms with E-state index in [9.17, 15) is 9.59 Å². The van der Waals surface area contributed by atoms with E-state index in [1.54, 1.807) is 0 Å². The number of carbonyl (C=O) groups excluding carboxylic acids is 1. The summed E-state index contributed by atoms with van der Waals surface area (Å²) in [6.07, 6.45) is 1.58. The molecule has 0 aliphatic heterocycles. The first-order valence-corrected chi connectivity index (χ1v) is 6.07. The molecule has 0 aromatic rings. The molecule has 2 unspecified atom stereocenters. The lowest BCUT2D eigenvalue weighted by Crippen LogP contribution is -2.40. The molecule has 2 amide bonds. The predicted octanol–water partition coefficient (Wildman–Crippen LogP) is 0.935. The molecule has 0 saturated heterocycles. The number of halogens is 1. The van der Waals surface area contributed by atoms with E-state index in [1.165, 1.54) is 0 Å². The van der Waals surface area contributed by atoms with Crippen LogP contribution >= 0.6 is 22.6 Å². The highest BCUT2D eigenvalue weighted by molar-refractivity contribution is 14.1. The van der Waals surface area contributed by atoms with Crippen LogP contribution in [0.5, 0.6) is 0 Å². The quantitative estimate of drug-likeness (QED) is 0.530. The van der Waals surface area contributed by atoms with E-state index in [0.717, 1.165) is 19.3 Å². The van der Waals surface area contributed by atoms with Crippen molar-refractivity contribution in [3.63, 3.8) is 0 Å². The molecular formula is C10H13IN2O3. The maximum absolute atomic E-state index is 11.3. The molecule has 0 heterocycles. The van der Waals surface area contributed by atoms with Crippen LogP contribution in [-0.4, -0.2) is 29.7 Å². The van der Waals surface area contributed by atoms with E-state index in [4.69, 9.17) is 5.11 Å². The summed E-state index contributed by atoms with van der Waals surface area (Å²) in [5.74, 6) is 3.15. The molecule has 16 heavy (non-hydrogen) atoms. The van der Waals surface area contributed by atoms with Gasteiger partial charge in [0.1, 0.15) is 0 Å². The molecule has 0 aromatic carbocycles. The van der Waals surface area contributed by atoms with Gasteiger partial charge in [0.05, 0.1) is 6.54 Å². The first-order valence-electron chi connectivity index (χ1n) is 4.99. The molecule has 1 saturated carbocycles. The molecule has 1 aliphatic rings. The Balaban J connectivity index is 2.25. The van der Waals surface area contributed by atoms with Gasteiger partial charge in [-0.05, 0) is 23.2 Å². The average molecular weight is 336 g/mol. The zero-order valence-corrected chi connectivity index (χ0v) is 10.8. The van der Waals surface area contributed by atoms with Crippen LogP contribution in [0.15, 0.2) is 0 Å². The third-order valence-electron chi connectivity index (χ3n) is 2.46. The fourth-order valence-electron chi connectivity index (χ4n) is 1.76. The molecule has 1 rings (SSSR count). The second kappa shape index (κ2) is 6.58. The monoisotopic (exact) mass is 336 g/mol. The minimum Gasteiger partial charge on any atom is -0.465 e. The van der Waals surface area contributed by atoms with Gasteiger partial charge < -0.3 is 15.7 Å². The standard InChI is InChI=1S/C10H13IN2O3/c11-4-3-7-1-2-8(5-7)13-9(14)6-12-10(15)16/h7-8,12H,1-2,5-6H2,(H,13,14)(H,15,16). The van der Waals surface area contributed by atoms with Crippen LogP contribution in [0.2, 0.25) is 0 Å². The number of amides is 2. The fraction of sp³-hybridized carbons (Fsp3) is 0.600. The summed E-state index contributed by atoms with van der Waals surface area (Å²) < 4.78 is 2.84. The van der Waals surface area contributed by atoms with E-state index in [2.05, 4.69) is 15.2 Å². The smallest absolute Gasteiger partial charge is 0.405 e. The summed E-state index contributed by atoms with van der Waals surface area (Å²) in [6.45, 7) is -0.186. The lowest BCUT2D eigenvalue weighted by atomic mass is 10.1. The minimum absolute atomic E-state index is 0.130. The van der Waals surface area contributed by atoms with E-state index in [1.807, 2.05) is 27.9 Å². The number of nitrogens with one attached hydrogen (secondary N) is 2. The Labute approximate surface area is 107 Å². The van der Waals surface area contributed by atoms with Crippen LogP contribution < -0.4 is 10.6 Å².